The molecule has 0 saturated heterocycles. The van der Waals surface area contributed by atoms with Crippen LogP contribution in [0.15, 0.2) is 66.9 Å². The summed E-state index contributed by atoms with van der Waals surface area (Å²) < 4.78 is 16.4. The number of carbonyl (C=O) groups excluding carboxylic acids is 2. The molecule has 1 saturated carbocycles. The number of rotatable bonds is 10. The maximum Gasteiger partial charge on any atom is 0.322 e. The predicted molar refractivity (Wildman–Crippen MR) is 154 cm³/mol. The van der Waals surface area contributed by atoms with E-state index >= 15 is 0 Å². The number of amides is 3. The third kappa shape index (κ3) is 7.41. The molecule has 1 atom stereocenters. The molecule has 4 rings (SSSR count). The molecule has 1 aromatic heterocycles. The molecule has 1 fully saturated rings. The fourth-order valence-electron chi connectivity index (χ4n) is 5.18. The average molecular weight is 553 g/mol. The van der Waals surface area contributed by atoms with Crippen molar-refractivity contribution in [1.82, 2.24) is 14.4 Å². The number of hydrogen-bond acceptors (Lipinski definition) is 2. The van der Waals surface area contributed by atoms with Crippen LogP contribution in [-0.2, 0) is 17.9 Å². The molecule has 0 aliphatic heterocycles. The van der Waals surface area contributed by atoms with Crippen LogP contribution in [-0.4, -0.2) is 44.9 Å². The number of carbonyl (C=O) groups is 2. The summed E-state index contributed by atoms with van der Waals surface area (Å²) in [5, 5.41) is 3.37. The van der Waals surface area contributed by atoms with Crippen LogP contribution in [0.1, 0.15) is 63.6 Å². The van der Waals surface area contributed by atoms with Crippen molar-refractivity contribution >= 4 is 29.2 Å². The van der Waals surface area contributed by atoms with E-state index in [1.165, 1.54) is 23.5 Å². The van der Waals surface area contributed by atoms with Crippen molar-refractivity contribution in [1.29, 1.82) is 0 Å². The van der Waals surface area contributed by atoms with Crippen LogP contribution < -0.4 is 5.32 Å². The van der Waals surface area contributed by atoms with Gasteiger partial charge in [0.2, 0.25) is 5.91 Å². The second kappa shape index (κ2) is 13.7. The van der Waals surface area contributed by atoms with Gasteiger partial charge in [-0.3, -0.25) is 4.79 Å². The predicted octanol–water partition coefficient (Wildman–Crippen LogP) is 7.32. The first-order valence-corrected chi connectivity index (χ1v) is 14.2. The Morgan fingerprint density at radius 1 is 1.05 bits per heavy atom. The summed E-state index contributed by atoms with van der Waals surface area (Å²) in [7, 11) is 0. The van der Waals surface area contributed by atoms with E-state index in [4.69, 9.17) is 11.6 Å². The molecule has 8 heteroatoms. The lowest BCUT2D eigenvalue weighted by atomic mass is 9.94. The maximum absolute atomic E-state index is 14.2. The summed E-state index contributed by atoms with van der Waals surface area (Å²) in [5.74, 6) is -0.610. The van der Waals surface area contributed by atoms with Crippen molar-refractivity contribution < 1.29 is 14.0 Å². The number of halogens is 2. The van der Waals surface area contributed by atoms with Gasteiger partial charge in [-0.05, 0) is 62.1 Å². The van der Waals surface area contributed by atoms with Gasteiger partial charge in [-0.15, -0.1) is 0 Å². The fraction of sp³-hybridized carbons (Fsp3) is 0.419. The van der Waals surface area contributed by atoms with Crippen molar-refractivity contribution in [2.24, 2.45) is 0 Å². The Hall–Kier alpha value is -3.32. The van der Waals surface area contributed by atoms with Gasteiger partial charge in [0, 0.05) is 35.5 Å². The van der Waals surface area contributed by atoms with Crippen molar-refractivity contribution in [3.05, 3.63) is 89.0 Å². The monoisotopic (exact) mass is 552 g/mol. The summed E-state index contributed by atoms with van der Waals surface area (Å²) in [6.07, 6.45) is 7.91. The summed E-state index contributed by atoms with van der Waals surface area (Å²) >= 11 is 6.42. The maximum atomic E-state index is 14.2. The van der Waals surface area contributed by atoms with Crippen LogP contribution in [0.4, 0.5) is 14.9 Å². The van der Waals surface area contributed by atoms with Gasteiger partial charge < -0.3 is 19.7 Å². The standard InChI is InChI=1S/C31H38ClFN4O2/c1-3-23(2)36(31(39)34-29-18-10-9-17-28(29)33)22-30(38)37(25-13-5-4-6-14-25)21-26-15-11-19-35(26)20-24-12-7-8-16-27(24)32/h7-12,15-19,23,25H,3-6,13-14,20-22H2,1-2H3,(H,34,39). The number of hydrogen-bond donors (Lipinski definition) is 1. The van der Waals surface area contributed by atoms with Crippen LogP contribution in [0, 0.1) is 5.82 Å². The molecule has 3 amide bonds. The van der Waals surface area contributed by atoms with Crippen LogP contribution in [0.25, 0.3) is 0 Å². The first-order valence-electron chi connectivity index (χ1n) is 13.9. The Morgan fingerprint density at radius 2 is 1.77 bits per heavy atom. The molecule has 0 spiro atoms. The Bertz CT molecular complexity index is 1260. The van der Waals surface area contributed by atoms with Gasteiger partial charge in [-0.2, -0.15) is 0 Å². The average Bonchev–Trinajstić information content (AvgIpc) is 3.39. The summed E-state index contributed by atoms with van der Waals surface area (Å²) in [6.45, 7) is 4.87. The Morgan fingerprint density at radius 3 is 2.49 bits per heavy atom. The molecule has 1 aliphatic carbocycles. The summed E-state index contributed by atoms with van der Waals surface area (Å²) in [5.41, 5.74) is 2.13. The molecule has 6 nitrogen and oxygen atoms in total. The van der Waals surface area contributed by atoms with Gasteiger partial charge in [0.15, 0.2) is 0 Å². The minimum absolute atomic E-state index is 0.0724. The second-order valence-corrected chi connectivity index (χ2v) is 10.7. The highest BCUT2D eigenvalue weighted by atomic mass is 35.5. The second-order valence-electron chi connectivity index (χ2n) is 10.3. The lowest BCUT2D eigenvalue weighted by molar-refractivity contribution is -0.136. The molecule has 1 aliphatic rings. The largest absolute Gasteiger partial charge is 0.345 e. The highest BCUT2D eigenvalue weighted by Gasteiger charge is 2.30. The Labute approximate surface area is 235 Å². The van der Waals surface area contributed by atoms with Gasteiger partial charge >= 0.3 is 6.03 Å². The lowest BCUT2D eigenvalue weighted by Crippen LogP contribution is -2.50. The summed E-state index contributed by atoms with van der Waals surface area (Å²) in [6, 6.07) is 17.3. The molecule has 0 radical (unpaired) electrons. The molecule has 2 aromatic carbocycles. The van der Waals surface area contributed by atoms with Crippen LogP contribution in [0.5, 0.6) is 0 Å². The molecule has 0 bridgehead atoms. The fourth-order valence-corrected chi connectivity index (χ4v) is 5.38. The zero-order valence-corrected chi connectivity index (χ0v) is 23.5. The normalized spacial score (nSPS) is 14.6. The van der Waals surface area contributed by atoms with E-state index in [2.05, 4.69) is 9.88 Å². The van der Waals surface area contributed by atoms with Crippen LogP contribution in [0.3, 0.4) is 0 Å². The van der Waals surface area contributed by atoms with Crippen molar-refractivity contribution in [3.63, 3.8) is 0 Å². The minimum atomic E-state index is -0.510. The highest BCUT2D eigenvalue weighted by molar-refractivity contribution is 6.31. The molecular weight excluding hydrogens is 515 g/mol. The van der Waals surface area contributed by atoms with Crippen LogP contribution >= 0.6 is 11.6 Å². The van der Waals surface area contributed by atoms with Crippen molar-refractivity contribution in [2.75, 3.05) is 11.9 Å². The zero-order chi connectivity index (χ0) is 27.8. The molecule has 39 heavy (non-hydrogen) atoms. The molecule has 1 heterocycles. The number of benzene rings is 2. The van der Waals surface area contributed by atoms with Gasteiger partial charge in [-0.25, -0.2) is 9.18 Å². The first-order chi connectivity index (χ1) is 18.9. The number of anilines is 1. The van der Waals surface area contributed by atoms with E-state index < -0.39 is 11.8 Å². The molecular formula is C31H38ClFN4O2. The van der Waals surface area contributed by atoms with Gasteiger partial charge in [0.25, 0.3) is 0 Å². The molecule has 3 aromatic rings. The third-order valence-corrected chi connectivity index (χ3v) is 8.06. The molecule has 208 valence electrons. The number of urea groups is 1. The number of nitrogens with zero attached hydrogens (tertiary/aromatic N) is 3. The van der Waals surface area contributed by atoms with Gasteiger partial charge in [0.1, 0.15) is 12.4 Å². The number of aromatic nitrogens is 1. The van der Waals surface area contributed by atoms with E-state index in [-0.39, 0.29) is 30.2 Å². The smallest absolute Gasteiger partial charge is 0.322 e. The minimum Gasteiger partial charge on any atom is -0.345 e. The SMILES string of the molecule is CCC(C)N(CC(=O)N(Cc1cccn1Cc1ccccc1Cl)C1CCCCC1)C(=O)Nc1ccccc1F. The van der Waals surface area contributed by atoms with Crippen LogP contribution in [0.2, 0.25) is 5.02 Å². The highest BCUT2D eigenvalue weighted by Crippen LogP contribution is 2.26. The van der Waals surface area contributed by atoms with E-state index in [0.717, 1.165) is 36.9 Å². The first kappa shape index (κ1) is 28.7. The van der Waals surface area contributed by atoms with Gasteiger partial charge in [-0.1, -0.05) is 68.1 Å². The van der Waals surface area contributed by atoms with Gasteiger partial charge in [0.05, 0.1) is 12.2 Å². The molecule has 1 N–H and O–H groups in total. The number of nitrogens with one attached hydrogen (secondary N) is 1. The third-order valence-electron chi connectivity index (χ3n) is 7.70. The summed E-state index contributed by atoms with van der Waals surface area (Å²) in [4.78, 5) is 30.7. The zero-order valence-electron chi connectivity index (χ0n) is 22.8. The molecule has 1 unspecified atom stereocenters. The Kier molecular flexibility index (Phi) is 10.0. The Balaban J connectivity index is 1.55. The van der Waals surface area contributed by atoms with Crippen molar-refractivity contribution in [3.8, 4) is 0 Å². The quantitative estimate of drug-likeness (QED) is 0.286. The topological polar surface area (TPSA) is 57.6 Å². The van der Waals surface area contributed by atoms with E-state index in [0.29, 0.717) is 24.5 Å². The number of para-hydroxylation sites is 1. The van der Waals surface area contributed by atoms with E-state index in [1.54, 1.807) is 12.1 Å². The van der Waals surface area contributed by atoms with E-state index in [9.17, 15) is 14.0 Å². The van der Waals surface area contributed by atoms with E-state index in [1.807, 2.05) is 61.3 Å². The lowest BCUT2D eigenvalue weighted by Gasteiger charge is -2.37. The van der Waals surface area contributed by atoms with Crippen molar-refractivity contribution in [2.45, 2.75) is 77.5 Å².